The van der Waals surface area contributed by atoms with Gasteiger partial charge in [0, 0.05) is 29.7 Å². The fourth-order valence-corrected chi connectivity index (χ4v) is 3.05. The quantitative estimate of drug-likeness (QED) is 0.441. The first-order valence-electron chi connectivity index (χ1n) is 9.59. The lowest BCUT2D eigenvalue weighted by Gasteiger charge is -2.09. The standard InChI is InChI=1S/C22H19FN6O2/c1-2-29-20(10-11-24-29)22(31)26-17-5-3-4-16(12-17)25-21(30)19-13-18(27-28-19)14-6-8-15(23)9-7-14/h3-13H,2H2,1H3,(H,25,30)(H,26,31)(H,27,28). The number of aryl methyl sites for hydroxylation is 1. The molecule has 0 aliphatic carbocycles. The Hall–Kier alpha value is -4.27. The second kappa shape index (κ2) is 8.62. The number of H-pyrrole nitrogens is 1. The predicted molar refractivity (Wildman–Crippen MR) is 114 cm³/mol. The lowest BCUT2D eigenvalue weighted by atomic mass is 10.1. The zero-order valence-corrected chi connectivity index (χ0v) is 16.6. The summed E-state index contributed by atoms with van der Waals surface area (Å²) in [5.41, 5.74) is 2.95. The molecular formula is C22H19FN6O2. The van der Waals surface area contributed by atoms with Crippen LogP contribution in [0.2, 0.25) is 0 Å². The molecule has 2 aromatic heterocycles. The first kappa shape index (κ1) is 20.0. The van der Waals surface area contributed by atoms with E-state index in [4.69, 9.17) is 0 Å². The Balaban J connectivity index is 1.44. The van der Waals surface area contributed by atoms with Crippen molar-refractivity contribution in [3.8, 4) is 11.3 Å². The maximum atomic E-state index is 13.1. The van der Waals surface area contributed by atoms with Gasteiger partial charge in [0.15, 0.2) is 0 Å². The number of nitrogens with one attached hydrogen (secondary N) is 3. The molecule has 9 heteroatoms. The van der Waals surface area contributed by atoms with Gasteiger partial charge in [-0.25, -0.2) is 4.39 Å². The molecule has 4 aromatic rings. The number of hydrogen-bond acceptors (Lipinski definition) is 4. The third kappa shape index (κ3) is 4.50. The average Bonchev–Trinajstić information content (AvgIpc) is 3.44. The summed E-state index contributed by atoms with van der Waals surface area (Å²) in [4.78, 5) is 25.0. The van der Waals surface area contributed by atoms with E-state index in [1.54, 1.807) is 59.4 Å². The number of amides is 2. The van der Waals surface area contributed by atoms with Gasteiger partial charge in [-0.05, 0) is 61.5 Å². The molecule has 3 N–H and O–H groups in total. The molecule has 2 amide bonds. The number of carbonyl (C=O) groups excluding carboxylic acids is 2. The van der Waals surface area contributed by atoms with E-state index in [0.29, 0.717) is 34.9 Å². The minimum atomic E-state index is -0.395. The lowest BCUT2D eigenvalue weighted by Crippen LogP contribution is -2.17. The van der Waals surface area contributed by atoms with Gasteiger partial charge in [0.2, 0.25) is 0 Å². The van der Waals surface area contributed by atoms with Crippen molar-refractivity contribution in [2.75, 3.05) is 10.6 Å². The van der Waals surface area contributed by atoms with Gasteiger partial charge in [0.1, 0.15) is 17.2 Å². The van der Waals surface area contributed by atoms with Crippen LogP contribution in [0.25, 0.3) is 11.3 Å². The SMILES string of the molecule is CCn1nccc1C(=O)Nc1cccc(NC(=O)c2cc(-c3ccc(F)cc3)n[nH]2)c1. The predicted octanol–water partition coefficient (Wildman–Crippen LogP) is 3.94. The van der Waals surface area contributed by atoms with E-state index in [-0.39, 0.29) is 17.4 Å². The van der Waals surface area contributed by atoms with E-state index in [2.05, 4.69) is 25.9 Å². The van der Waals surface area contributed by atoms with Crippen LogP contribution in [-0.2, 0) is 6.54 Å². The van der Waals surface area contributed by atoms with Gasteiger partial charge in [-0.3, -0.25) is 19.4 Å². The lowest BCUT2D eigenvalue weighted by molar-refractivity contribution is 0.101. The van der Waals surface area contributed by atoms with E-state index in [1.807, 2.05) is 6.92 Å². The molecule has 0 fully saturated rings. The third-order valence-electron chi connectivity index (χ3n) is 4.59. The van der Waals surface area contributed by atoms with Crippen LogP contribution in [0, 0.1) is 5.82 Å². The van der Waals surface area contributed by atoms with Crippen LogP contribution >= 0.6 is 0 Å². The Morgan fingerprint density at radius 3 is 2.42 bits per heavy atom. The summed E-state index contributed by atoms with van der Waals surface area (Å²) >= 11 is 0. The Kier molecular flexibility index (Phi) is 5.57. The summed E-state index contributed by atoms with van der Waals surface area (Å²) in [5, 5.41) is 16.4. The van der Waals surface area contributed by atoms with Crippen molar-refractivity contribution in [2.24, 2.45) is 0 Å². The molecule has 4 rings (SSSR count). The van der Waals surface area contributed by atoms with Crippen LogP contribution in [0.1, 0.15) is 27.9 Å². The van der Waals surface area contributed by atoms with Crippen molar-refractivity contribution in [1.29, 1.82) is 0 Å². The number of nitrogens with zero attached hydrogens (tertiary/aromatic N) is 3. The monoisotopic (exact) mass is 418 g/mol. The number of aromatic amines is 1. The average molecular weight is 418 g/mol. The van der Waals surface area contributed by atoms with Gasteiger partial charge in [-0.15, -0.1) is 0 Å². The molecule has 0 bridgehead atoms. The van der Waals surface area contributed by atoms with Crippen molar-refractivity contribution in [1.82, 2.24) is 20.0 Å². The topological polar surface area (TPSA) is 105 Å². The van der Waals surface area contributed by atoms with Crippen molar-refractivity contribution < 1.29 is 14.0 Å². The van der Waals surface area contributed by atoms with Gasteiger partial charge in [-0.1, -0.05) is 6.07 Å². The molecule has 0 saturated heterocycles. The molecule has 2 aromatic carbocycles. The van der Waals surface area contributed by atoms with Gasteiger partial charge >= 0.3 is 0 Å². The normalized spacial score (nSPS) is 10.6. The van der Waals surface area contributed by atoms with Crippen LogP contribution in [0.3, 0.4) is 0 Å². The van der Waals surface area contributed by atoms with E-state index < -0.39 is 5.91 Å². The Morgan fingerprint density at radius 1 is 1.00 bits per heavy atom. The molecule has 0 spiro atoms. The summed E-state index contributed by atoms with van der Waals surface area (Å²) in [6.07, 6.45) is 1.57. The third-order valence-corrected chi connectivity index (χ3v) is 4.59. The maximum Gasteiger partial charge on any atom is 0.273 e. The summed E-state index contributed by atoms with van der Waals surface area (Å²) in [6.45, 7) is 2.48. The number of halogens is 1. The Morgan fingerprint density at radius 2 is 1.71 bits per heavy atom. The van der Waals surface area contributed by atoms with Crippen molar-refractivity contribution in [3.05, 3.63) is 84.1 Å². The number of carbonyl (C=O) groups is 2. The first-order chi connectivity index (χ1) is 15.0. The molecule has 8 nitrogen and oxygen atoms in total. The van der Waals surface area contributed by atoms with Gasteiger partial charge in [0.25, 0.3) is 11.8 Å². The second-order valence-electron chi connectivity index (χ2n) is 6.70. The van der Waals surface area contributed by atoms with Crippen LogP contribution in [0.4, 0.5) is 15.8 Å². The van der Waals surface area contributed by atoms with E-state index in [9.17, 15) is 14.0 Å². The number of hydrogen-bond donors (Lipinski definition) is 3. The largest absolute Gasteiger partial charge is 0.321 e. The summed E-state index contributed by atoms with van der Waals surface area (Å²) in [6, 6.07) is 15.9. The molecule has 2 heterocycles. The van der Waals surface area contributed by atoms with Crippen molar-refractivity contribution in [3.63, 3.8) is 0 Å². The van der Waals surface area contributed by atoms with Gasteiger partial charge in [-0.2, -0.15) is 10.2 Å². The molecule has 31 heavy (non-hydrogen) atoms. The molecule has 0 atom stereocenters. The highest BCUT2D eigenvalue weighted by atomic mass is 19.1. The minimum absolute atomic E-state index is 0.251. The fraction of sp³-hybridized carbons (Fsp3) is 0.0909. The first-order valence-corrected chi connectivity index (χ1v) is 9.59. The van der Waals surface area contributed by atoms with Gasteiger partial charge in [0.05, 0.1) is 5.69 Å². The molecule has 0 unspecified atom stereocenters. The summed E-state index contributed by atoms with van der Waals surface area (Å²) in [7, 11) is 0. The smallest absolute Gasteiger partial charge is 0.273 e. The van der Waals surface area contributed by atoms with E-state index >= 15 is 0 Å². The van der Waals surface area contributed by atoms with Crippen LogP contribution in [-0.4, -0.2) is 31.8 Å². The van der Waals surface area contributed by atoms with Gasteiger partial charge < -0.3 is 10.6 Å². The molecule has 156 valence electrons. The van der Waals surface area contributed by atoms with Crippen molar-refractivity contribution >= 4 is 23.2 Å². The van der Waals surface area contributed by atoms with Crippen LogP contribution in [0.5, 0.6) is 0 Å². The second-order valence-corrected chi connectivity index (χ2v) is 6.70. The zero-order chi connectivity index (χ0) is 21.8. The minimum Gasteiger partial charge on any atom is -0.321 e. The molecule has 0 aliphatic heterocycles. The highest BCUT2D eigenvalue weighted by Crippen LogP contribution is 2.20. The van der Waals surface area contributed by atoms with E-state index in [1.165, 1.54) is 12.1 Å². The molecular weight excluding hydrogens is 399 g/mol. The van der Waals surface area contributed by atoms with E-state index in [0.717, 1.165) is 0 Å². The number of aromatic nitrogens is 4. The fourth-order valence-electron chi connectivity index (χ4n) is 3.05. The van der Waals surface area contributed by atoms with Crippen LogP contribution in [0.15, 0.2) is 66.9 Å². The number of rotatable bonds is 6. The summed E-state index contributed by atoms with van der Waals surface area (Å²) in [5.74, 6) is -1.03. The van der Waals surface area contributed by atoms with Crippen LogP contribution < -0.4 is 10.6 Å². The highest BCUT2D eigenvalue weighted by Gasteiger charge is 2.14. The molecule has 0 radical (unpaired) electrons. The number of benzene rings is 2. The molecule has 0 aliphatic rings. The maximum absolute atomic E-state index is 13.1. The molecule has 0 saturated carbocycles. The number of anilines is 2. The Labute approximate surface area is 177 Å². The Bertz CT molecular complexity index is 1230. The zero-order valence-electron chi connectivity index (χ0n) is 16.6. The highest BCUT2D eigenvalue weighted by molar-refractivity contribution is 6.05. The van der Waals surface area contributed by atoms with Crippen molar-refractivity contribution in [2.45, 2.75) is 13.5 Å². The summed E-state index contributed by atoms with van der Waals surface area (Å²) < 4.78 is 14.7.